The molecule has 1 saturated carbocycles. The molecule has 2 aromatic rings. The van der Waals surface area contributed by atoms with Gasteiger partial charge in [-0.1, -0.05) is 29.8 Å². The van der Waals surface area contributed by atoms with Gasteiger partial charge in [0.05, 0.1) is 6.04 Å². The fourth-order valence-electron chi connectivity index (χ4n) is 3.01. The van der Waals surface area contributed by atoms with Crippen molar-refractivity contribution in [2.75, 3.05) is 11.9 Å². The molecule has 28 heavy (non-hydrogen) atoms. The number of hydrogen-bond acceptors (Lipinski definition) is 2. The van der Waals surface area contributed by atoms with E-state index in [0.717, 1.165) is 24.0 Å². The third-order valence-corrected chi connectivity index (χ3v) is 5.20. The zero-order valence-corrected chi connectivity index (χ0v) is 16.4. The molecule has 3 amide bonds. The van der Waals surface area contributed by atoms with E-state index in [2.05, 4.69) is 16.0 Å². The summed E-state index contributed by atoms with van der Waals surface area (Å²) >= 11 is 6.04. The Bertz CT molecular complexity index is 853. The average molecular weight is 404 g/mol. The normalized spacial score (nSPS) is 14.2. The Balaban J connectivity index is 1.46. The number of hydrogen-bond donors (Lipinski definition) is 3. The Morgan fingerprint density at radius 2 is 1.89 bits per heavy atom. The summed E-state index contributed by atoms with van der Waals surface area (Å²) in [7, 11) is 0. The SMILES string of the molecule is Cc1c(Cl)cccc1NC(=O)CCNC(=O)NC(c1ccc(F)cc1)C1CC1. The van der Waals surface area contributed by atoms with Crippen molar-refractivity contribution < 1.29 is 14.0 Å². The molecule has 1 aliphatic carbocycles. The van der Waals surface area contributed by atoms with Crippen LogP contribution in [0.1, 0.15) is 36.4 Å². The lowest BCUT2D eigenvalue weighted by atomic mass is 10.0. The number of urea groups is 1. The largest absolute Gasteiger partial charge is 0.338 e. The van der Waals surface area contributed by atoms with Crippen LogP contribution >= 0.6 is 11.6 Å². The smallest absolute Gasteiger partial charge is 0.315 e. The zero-order chi connectivity index (χ0) is 20.1. The Hall–Kier alpha value is -2.60. The number of halogens is 2. The number of rotatable bonds is 7. The average Bonchev–Trinajstić information content (AvgIpc) is 3.49. The first-order chi connectivity index (χ1) is 13.4. The van der Waals surface area contributed by atoms with Crippen LogP contribution in [0.15, 0.2) is 42.5 Å². The second-order valence-electron chi connectivity index (χ2n) is 6.98. The summed E-state index contributed by atoms with van der Waals surface area (Å²) in [6, 6.07) is 11.0. The summed E-state index contributed by atoms with van der Waals surface area (Å²) in [6.07, 6.45) is 2.21. The van der Waals surface area contributed by atoms with Gasteiger partial charge in [0.15, 0.2) is 0 Å². The Morgan fingerprint density at radius 1 is 1.18 bits per heavy atom. The van der Waals surface area contributed by atoms with E-state index in [-0.39, 0.29) is 36.8 Å². The molecular weight excluding hydrogens is 381 g/mol. The van der Waals surface area contributed by atoms with Crippen molar-refractivity contribution in [3.05, 3.63) is 64.4 Å². The van der Waals surface area contributed by atoms with Gasteiger partial charge in [0.2, 0.25) is 5.91 Å². The molecule has 0 heterocycles. The molecule has 0 radical (unpaired) electrons. The van der Waals surface area contributed by atoms with Crippen molar-refractivity contribution in [3.63, 3.8) is 0 Å². The lowest BCUT2D eigenvalue weighted by molar-refractivity contribution is -0.116. The number of amides is 3. The number of benzene rings is 2. The van der Waals surface area contributed by atoms with Crippen LogP contribution in [0.5, 0.6) is 0 Å². The van der Waals surface area contributed by atoms with Crippen LogP contribution in [-0.4, -0.2) is 18.5 Å². The first kappa shape index (κ1) is 20.1. The van der Waals surface area contributed by atoms with Crippen molar-refractivity contribution in [2.24, 2.45) is 5.92 Å². The summed E-state index contributed by atoms with van der Waals surface area (Å²) in [5, 5.41) is 9.02. The predicted octanol–water partition coefficient (Wildman–Crippen LogP) is 4.57. The zero-order valence-electron chi connectivity index (χ0n) is 15.6. The molecule has 0 aliphatic heterocycles. The van der Waals surface area contributed by atoms with Gasteiger partial charge in [0.1, 0.15) is 5.82 Å². The van der Waals surface area contributed by atoms with Crippen molar-refractivity contribution in [3.8, 4) is 0 Å². The van der Waals surface area contributed by atoms with Crippen LogP contribution in [0.2, 0.25) is 5.02 Å². The standard InChI is InChI=1S/C21H23ClFN3O2/c1-13-17(22)3-2-4-18(13)25-19(27)11-12-24-21(28)26-20(14-5-6-14)15-7-9-16(23)10-8-15/h2-4,7-10,14,20H,5-6,11-12H2,1H3,(H,25,27)(H2,24,26,28). The van der Waals surface area contributed by atoms with Gasteiger partial charge in [-0.15, -0.1) is 0 Å². The van der Waals surface area contributed by atoms with Gasteiger partial charge in [-0.3, -0.25) is 4.79 Å². The molecule has 0 spiro atoms. The minimum atomic E-state index is -0.340. The Morgan fingerprint density at radius 3 is 2.57 bits per heavy atom. The molecule has 0 aromatic heterocycles. The van der Waals surface area contributed by atoms with Crippen molar-refractivity contribution in [1.29, 1.82) is 0 Å². The Kier molecular flexibility index (Phi) is 6.52. The van der Waals surface area contributed by atoms with Crippen LogP contribution in [-0.2, 0) is 4.79 Å². The highest BCUT2D eigenvalue weighted by Crippen LogP contribution is 2.40. The van der Waals surface area contributed by atoms with Gasteiger partial charge >= 0.3 is 6.03 Å². The second kappa shape index (κ2) is 9.06. The predicted molar refractivity (Wildman–Crippen MR) is 108 cm³/mol. The maximum absolute atomic E-state index is 13.1. The fraction of sp³-hybridized carbons (Fsp3) is 0.333. The summed E-state index contributed by atoms with van der Waals surface area (Å²) in [4.78, 5) is 24.3. The van der Waals surface area contributed by atoms with E-state index in [9.17, 15) is 14.0 Å². The maximum Gasteiger partial charge on any atom is 0.315 e. The molecule has 3 N–H and O–H groups in total. The molecule has 3 rings (SSSR count). The third kappa shape index (κ3) is 5.45. The van der Waals surface area contributed by atoms with Crippen LogP contribution < -0.4 is 16.0 Å². The summed E-state index contributed by atoms with van der Waals surface area (Å²) in [5.74, 6) is -0.142. The topological polar surface area (TPSA) is 70.2 Å². The van der Waals surface area contributed by atoms with Gasteiger partial charge < -0.3 is 16.0 Å². The molecule has 0 bridgehead atoms. The van der Waals surface area contributed by atoms with Gasteiger partial charge in [-0.2, -0.15) is 0 Å². The fourth-order valence-corrected chi connectivity index (χ4v) is 3.18. The highest BCUT2D eigenvalue weighted by Gasteiger charge is 2.33. The molecular formula is C21H23ClFN3O2. The van der Waals surface area contributed by atoms with Gasteiger partial charge in [0.25, 0.3) is 0 Å². The van der Waals surface area contributed by atoms with Crippen molar-refractivity contribution >= 4 is 29.2 Å². The number of carbonyl (C=O) groups is 2. The molecule has 7 heteroatoms. The van der Waals surface area contributed by atoms with E-state index in [1.54, 1.807) is 30.3 Å². The third-order valence-electron chi connectivity index (χ3n) is 4.79. The highest BCUT2D eigenvalue weighted by molar-refractivity contribution is 6.31. The number of carbonyl (C=O) groups excluding carboxylic acids is 2. The summed E-state index contributed by atoms with van der Waals surface area (Å²) in [6.45, 7) is 2.04. The molecule has 0 saturated heterocycles. The molecule has 1 fully saturated rings. The van der Waals surface area contributed by atoms with Crippen LogP contribution in [0.4, 0.5) is 14.9 Å². The molecule has 1 unspecified atom stereocenters. The number of anilines is 1. The van der Waals surface area contributed by atoms with Crippen molar-refractivity contribution in [2.45, 2.75) is 32.2 Å². The minimum Gasteiger partial charge on any atom is -0.338 e. The minimum absolute atomic E-state index is 0.143. The molecule has 1 atom stereocenters. The van der Waals surface area contributed by atoms with Crippen LogP contribution in [0.25, 0.3) is 0 Å². The molecule has 5 nitrogen and oxygen atoms in total. The van der Waals surface area contributed by atoms with E-state index in [4.69, 9.17) is 11.6 Å². The van der Waals surface area contributed by atoms with Crippen LogP contribution in [0.3, 0.4) is 0 Å². The first-order valence-electron chi connectivity index (χ1n) is 9.29. The lowest BCUT2D eigenvalue weighted by Gasteiger charge is -2.19. The quantitative estimate of drug-likeness (QED) is 0.633. The van der Waals surface area contributed by atoms with E-state index >= 15 is 0 Å². The highest BCUT2D eigenvalue weighted by atomic mass is 35.5. The summed E-state index contributed by atoms with van der Waals surface area (Å²) in [5.41, 5.74) is 2.34. The molecule has 1 aliphatic rings. The molecule has 148 valence electrons. The van der Waals surface area contributed by atoms with E-state index in [1.807, 2.05) is 6.92 Å². The second-order valence-corrected chi connectivity index (χ2v) is 7.38. The van der Waals surface area contributed by atoms with Gasteiger partial charge in [-0.25, -0.2) is 9.18 Å². The van der Waals surface area contributed by atoms with E-state index in [1.165, 1.54) is 12.1 Å². The summed E-state index contributed by atoms with van der Waals surface area (Å²) < 4.78 is 13.1. The van der Waals surface area contributed by atoms with E-state index in [0.29, 0.717) is 16.6 Å². The van der Waals surface area contributed by atoms with Gasteiger partial charge in [0, 0.05) is 23.7 Å². The van der Waals surface area contributed by atoms with Gasteiger partial charge in [-0.05, 0) is 61.1 Å². The number of nitrogens with one attached hydrogen (secondary N) is 3. The van der Waals surface area contributed by atoms with Crippen LogP contribution in [0, 0.1) is 18.7 Å². The molecule has 2 aromatic carbocycles. The first-order valence-corrected chi connectivity index (χ1v) is 9.66. The maximum atomic E-state index is 13.1. The monoisotopic (exact) mass is 403 g/mol. The lowest BCUT2D eigenvalue weighted by Crippen LogP contribution is -2.39. The Labute approximate surface area is 168 Å². The van der Waals surface area contributed by atoms with Crippen molar-refractivity contribution in [1.82, 2.24) is 10.6 Å². The van der Waals surface area contributed by atoms with E-state index < -0.39 is 0 Å².